The zero-order chi connectivity index (χ0) is 22.1. The number of unbranched alkanes of at least 4 members (excludes halogenated alkanes) is 3. The van der Waals surface area contributed by atoms with Gasteiger partial charge in [-0.3, -0.25) is 0 Å². The van der Waals surface area contributed by atoms with Gasteiger partial charge >= 0.3 is 0 Å². The van der Waals surface area contributed by atoms with Gasteiger partial charge in [-0.2, -0.15) is 0 Å². The summed E-state index contributed by atoms with van der Waals surface area (Å²) in [4.78, 5) is 16.7. The Labute approximate surface area is 183 Å². The lowest BCUT2D eigenvalue weighted by atomic mass is 10.1. The van der Waals surface area contributed by atoms with Crippen molar-refractivity contribution in [3.05, 3.63) is 67.3 Å². The molecule has 6 heteroatoms. The number of rotatable bonds is 11. The smallest absolute Gasteiger partial charge is 0.223 e. The molecule has 3 rings (SSSR count). The minimum atomic E-state index is 0.566. The third-order valence-electron chi connectivity index (χ3n) is 5.15. The summed E-state index contributed by atoms with van der Waals surface area (Å²) in [6.07, 6.45) is 9.51. The lowest BCUT2D eigenvalue weighted by Gasteiger charge is -2.08. The van der Waals surface area contributed by atoms with Crippen molar-refractivity contribution in [1.29, 1.82) is 0 Å². The number of pyridine rings is 1. The average Bonchev–Trinajstić information content (AvgIpc) is 3.27. The van der Waals surface area contributed by atoms with Crippen molar-refractivity contribution in [3.8, 4) is 17.1 Å². The molecule has 0 spiro atoms. The molecule has 0 saturated carbocycles. The Balaban J connectivity index is 1.51. The first-order chi connectivity index (χ1) is 15.2. The van der Waals surface area contributed by atoms with Gasteiger partial charge in [-0.25, -0.2) is 15.0 Å². The number of methoxy groups -OCH3 is 2. The second-order valence-electron chi connectivity index (χ2n) is 7.32. The predicted molar refractivity (Wildman–Crippen MR) is 126 cm³/mol. The second-order valence-corrected chi connectivity index (χ2v) is 7.32. The fraction of sp³-hybridized carbons (Fsp3) is 0.320. The molecule has 31 heavy (non-hydrogen) atoms. The Morgan fingerprint density at radius 2 is 1.97 bits per heavy atom. The molecule has 2 aromatic heterocycles. The molecule has 0 unspecified atom stereocenters. The van der Waals surface area contributed by atoms with Crippen molar-refractivity contribution < 1.29 is 9.47 Å². The van der Waals surface area contributed by atoms with Gasteiger partial charge in [0.2, 0.25) is 11.8 Å². The normalized spacial score (nSPS) is 11.5. The molecule has 2 heterocycles. The average molecular weight is 419 g/mol. The Kier molecular flexibility index (Phi) is 7.98. The van der Waals surface area contributed by atoms with Crippen LogP contribution in [-0.2, 0) is 11.2 Å². The quantitative estimate of drug-likeness (QED) is 0.240. The molecule has 0 fully saturated rings. The molecule has 0 bridgehead atoms. The van der Waals surface area contributed by atoms with Gasteiger partial charge in [0.1, 0.15) is 5.82 Å². The first-order valence-electron chi connectivity index (χ1n) is 10.5. The molecular formula is C25H30N4O2. The van der Waals surface area contributed by atoms with Crippen molar-refractivity contribution >= 4 is 16.8 Å². The summed E-state index contributed by atoms with van der Waals surface area (Å²) in [5.41, 5.74) is 3.68. The number of hydrogen-bond acceptors (Lipinski definition) is 5. The summed E-state index contributed by atoms with van der Waals surface area (Å²) in [5.74, 6) is 2.15. The first kappa shape index (κ1) is 22.3. The number of fused-ring (bicyclic) bond motifs is 1. The Bertz CT molecular complexity index is 1070. The second kappa shape index (κ2) is 11.1. The van der Waals surface area contributed by atoms with Crippen LogP contribution in [0.2, 0.25) is 0 Å². The van der Waals surface area contributed by atoms with Crippen molar-refractivity contribution in [2.24, 2.45) is 4.99 Å². The summed E-state index contributed by atoms with van der Waals surface area (Å²) in [5, 5.41) is 1.07. The maximum absolute atomic E-state index is 5.51. The van der Waals surface area contributed by atoms with Crippen molar-refractivity contribution in [2.75, 3.05) is 14.2 Å². The molecule has 0 aliphatic rings. The lowest BCUT2D eigenvalue weighted by molar-refractivity contribution is 0.401. The molecule has 0 atom stereocenters. The van der Waals surface area contributed by atoms with E-state index in [1.165, 1.54) is 6.20 Å². The summed E-state index contributed by atoms with van der Waals surface area (Å²) < 4.78 is 10.7. The molecule has 0 aliphatic heterocycles. The van der Waals surface area contributed by atoms with Crippen molar-refractivity contribution in [3.63, 3.8) is 0 Å². The van der Waals surface area contributed by atoms with Gasteiger partial charge in [0.15, 0.2) is 0 Å². The van der Waals surface area contributed by atoms with Crippen LogP contribution in [0.3, 0.4) is 0 Å². The van der Waals surface area contributed by atoms with Crippen molar-refractivity contribution in [2.45, 2.75) is 38.5 Å². The van der Waals surface area contributed by atoms with Crippen LogP contribution in [0.1, 0.15) is 37.9 Å². The molecule has 0 radical (unpaired) electrons. The number of nitrogens with one attached hydrogen (secondary N) is 1. The molecule has 1 aromatic carbocycles. The molecular weight excluding hydrogens is 388 g/mol. The summed E-state index contributed by atoms with van der Waals surface area (Å²) in [7, 11) is 3.25. The van der Waals surface area contributed by atoms with Gasteiger partial charge < -0.3 is 14.5 Å². The minimum Gasteiger partial charge on any atom is -0.481 e. The Morgan fingerprint density at radius 1 is 1.16 bits per heavy atom. The minimum absolute atomic E-state index is 0.566. The number of benzene rings is 1. The zero-order valence-corrected chi connectivity index (χ0v) is 18.4. The fourth-order valence-corrected chi connectivity index (χ4v) is 3.54. The number of aryl methyl sites for hydroxylation is 1. The van der Waals surface area contributed by atoms with E-state index in [9.17, 15) is 0 Å². The van der Waals surface area contributed by atoms with Crippen LogP contribution in [0.5, 0.6) is 5.88 Å². The van der Waals surface area contributed by atoms with Gasteiger partial charge in [0, 0.05) is 23.6 Å². The van der Waals surface area contributed by atoms with Gasteiger partial charge in [0.05, 0.1) is 37.2 Å². The SMILES string of the molecule is C=CN=C(OC)C(=C)CCCCCCc1ncc(-c2cc3ccccc3nc2OC)[nH]1. The Morgan fingerprint density at radius 3 is 2.74 bits per heavy atom. The van der Waals surface area contributed by atoms with Gasteiger partial charge in [-0.15, -0.1) is 0 Å². The van der Waals surface area contributed by atoms with E-state index < -0.39 is 0 Å². The Hall–Kier alpha value is -3.41. The van der Waals surface area contributed by atoms with Crippen LogP contribution < -0.4 is 4.74 Å². The molecule has 0 aliphatic carbocycles. The maximum Gasteiger partial charge on any atom is 0.223 e. The predicted octanol–water partition coefficient (Wildman–Crippen LogP) is 5.87. The van der Waals surface area contributed by atoms with Crippen LogP contribution in [0.4, 0.5) is 0 Å². The molecule has 6 nitrogen and oxygen atoms in total. The molecule has 0 amide bonds. The van der Waals surface area contributed by atoms with E-state index in [-0.39, 0.29) is 0 Å². The zero-order valence-electron chi connectivity index (χ0n) is 18.4. The molecule has 3 aromatic rings. The van der Waals surface area contributed by atoms with E-state index >= 15 is 0 Å². The van der Waals surface area contributed by atoms with E-state index in [1.807, 2.05) is 24.4 Å². The summed E-state index contributed by atoms with van der Waals surface area (Å²) in [6.45, 7) is 7.64. The highest BCUT2D eigenvalue weighted by Gasteiger charge is 2.12. The van der Waals surface area contributed by atoms with E-state index in [0.29, 0.717) is 11.8 Å². The highest BCUT2D eigenvalue weighted by atomic mass is 16.5. The number of ether oxygens (including phenoxy) is 2. The number of nitrogens with zero attached hydrogens (tertiary/aromatic N) is 3. The highest BCUT2D eigenvalue weighted by Crippen LogP contribution is 2.30. The lowest BCUT2D eigenvalue weighted by Crippen LogP contribution is -2.04. The maximum atomic E-state index is 5.51. The number of hydrogen-bond donors (Lipinski definition) is 1. The number of aromatic amines is 1. The number of aromatic nitrogens is 3. The number of imidazole rings is 1. The monoisotopic (exact) mass is 418 g/mol. The molecule has 0 saturated heterocycles. The van der Waals surface area contributed by atoms with Gasteiger partial charge in [-0.05, 0) is 31.4 Å². The first-order valence-corrected chi connectivity index (χ1v) is 10.5. The van der Waals surface area contributed by atoms with Crippen LogP contribution in [0.15, 0.2) is 66.5 Å². The van der Waals surface area contributed by atoms with E-state index in [2.05, 4.69) is 45.2 Å². The number of H-pyrrole nitrogens is 1. The summed E-state index contributed by atoms with van der Waals surface area (Å²) >= 11 is 0. The van der Waals surface area contributed by atoms with E-state index in [0.717, 1.165) is 72.1 Å². The van der Waals surface area contributed by atoms with Crippen molar-refractivity contribution in [1.82, 2.24) is 15.0 Å². The van der Waals surface area contributed by atoms with Gasteiger partial charge in [-0.1, -0.05) is 44.2 Å². The molecule has 1 N–H and O–H groups in total. The number of para-hydroxylation sites is 1. The largest absolute Gasteiger partial charge is 0.481 e. The third-order valence-corrected chi connectivity index (χ3v) is 5.15. The van der Waals surface area contributed by atoms with Crippen LogP contribution >= 0.6 is 0 Å². The van der Waals surface area contributed by atoms with Crippen LogP contribution in [-0.4, -0.2) is 35.1 Å². The highest BCUT2D eigenvalue weighted by molar-refractivity contribution is 5.93. The number of aliphatic imine (C=N–C) groups is 1. The van der Waals surface area contributed by atoms with Gasteiger partial charge in [0.25, 0.3) is 0 Å². The van der Waals surface area contributed by atoms with E-state index in [1.54, 1.807) is 14.2 Å². The van der Waals surface area contributed by atoms with Crippen LogP contribution in [0, 0.1) is 0 Å². The fourth-order valence-electron chi connectivity index (χ4n) is 3.54. The van der Waals surface area contributed by atoms with Crippen LogP contribution in [0.25, 0.3) is 22.2 Å². The topological polar surface area (TPSA) is 72.4 Å². The summed E-state index contributed by atoms with van der Waals surface area (Å²) in [6, 6.07) is 10.1. The third kappa shape index (κ3) is 5.81. The molecule has 162 valence electrons. The van der Waals surface area contributed by atoms with E-state index in [4.69, 9.17) is 9.47 Å². The standard InChI is InChI=1S/C25H30N4O2/c1-5-26-24(30-3)18(2)12-8-6-7-9-15-23-27-17-22(28-23)20-16-19-13-10-11-14-21(19)29-25(20)31-4/h5,10-11,13-14,16-17H,1-2,6-9,12,15H2,3-4H3,(H,27,28).